The van der Waals surface area contributed by atoms with Gasteiger partial charge in [0, 0.05) is 16.7 Å². The fourth-order valence-electron chi connectivity index (χ4n) is 2.33. The van der Waals surface area contributed by atoms with Crippen LogP contribution in [-0.4, -0.2) is 21.7 Å². The van der Waals surface area contributed by atoms with Gasteiger partial charge >= 0.3 is 0 Å². The molecule has 3 aromatic rings. The minimum Gasteiger partial charge on any atom is -0.454 e. The molecule has 9 heteroatoms. The summed E-state index contributed by atoms with van der Waals surface area (Å²) in [6.07, 6.45) is 0. The van der Waals surface area contributed by atoms with E-state index in [1.54, 1.807) is 17.6 Å². The molecule has 0 bridgehead atoms. The molecule has 124 valence electrons. The van der Waals surface area contributed by atoms with Crippen molar-refractivity contribution in [2.75, 3.05) is 12.5 Å². The molecule has 0 saturated heterocycles. The average molecular weight is 369 g/mol. The van der Waals surface area contributed by atoms with Crippen LogP contribution in [0.1, 0.15) is 11.3 Å². The van der Waals surface area contributed by atoms with Gasteiger partial charge in [-0.15, -0.1) is 11.3 Å². The van der Waals surface area contributed by atoms with Crippen LogP contribution in [0.3, 0.4) is 0 Å². The summed E-state index contributed by atoms with van der Waals surface area (Å²) in [5.41, 5.74) is 10.2. The van der Waals surface area contributed by atoms with Gasteiger partial charge in [0.15, 0.2) is 16.7 Å². The lowest BCUT2D eigenvalue weighted by Crippen LogP contribution is -2.02. The molecule has 2 aromatic heterocycles. The number of nitrogens with two attached hydrogens (primary N) is 1. The maximum absolute atomic E-state index is 9.44. The van der Waals surface area contributed by atoms with E-state index in [2.05, 4.69) is 21.0 Å². The molecule has 4 rings (SSSR count). The molecular weight excluding hydrogens is 358 g/mol. The fourth-order valence-corrected chi connectivity index (χ4v) is 3.75. The minimum absolute atomic E-state index is 0.158. The quantitative estimate of drug-likeness (QED) is 0.552. The Balaban J connectivity index is 1.71. The number of ether oxygens (including phenoxy) is 2. The first-order valence-corrected chi connectivity index (χ1v) is 9.15. The van der Waals surface area contributed by atoms with Crippen molar-refractivity contribution in [3.8, 4) is 28.8 Å². The summed E-state index contributed by atoms with van der Waals surface area (Å²) in [5.74, 6) is 2.08. The molecule has 0 atom stereocenters. The molecule has 1 aromatic carbocycles. The summed E-state index contributed by atoms with van der Waals surface area (Å²) in [7, 11) is 0. The summed E-state index contributed by atoms with van der Waals surface area (Å²) in [5, 5.41) is 11.9. The number of benzene rings is 1. The van der Waals surface area contributed by atoms with Crippen LogP contribution >= 0.6 is 23.1 Å². The third-order valence-corrected chi connectivity index (χ3v) is 5.02. The fraction of sp³-hybridized carbons (Fsp3) is 0.125. The van der Waals surface area contributed by atoms with Crippen LogP contribution in [-0.2, 0) is 5.75 Å². The molecule has 0 fully saturated rings. The lowest BCUT2D eigenvalue weighted by atomic mass is 10.1. The van der Waals surface area contributed by atoms with E-state index in [1.807, 2.05) is 11.4 Å². The molecule has 25 heavy (non-hydrogen) atoms. The molecule has 1 aliphatic heterocycles. The number of hydrogen-bond donors (Lipinski definition) is 1. The second kappa shape index (κ2) is 6.58. The van der Waals surface area contributed by atoms with Crippen molar-refractivity contribution >= 4 is 28.9 Å². The van der Waals surface area contributed by atoms with Crippen LogP contribution in [0, 0.1) is 11.3 Å². The zero-order valence-electron chi connectivity index (χ0n) is 12.8. The summed E-state index contributed by atoms with van der Waals surface area (Å²) in [6.45, 7) is 0.185. The minimum atomic E-state index is 0.158. The molecule has 0 unspecified atom stereocenters. The van der Waals surface area contributed by atoms with Crippen LogP contribution in [0.15, 0.2) is 34.2 Å². The van der Waals surface area contributed by atoms with Gasteiger partial charge in [-0.3, -0.25) is 0 Å². The first-order chi connectivity index (χ1) is 12.2. The molecular formula is C16H11N5O2S2. The molecule has 0 saturated carbocycles. The van der Waals surface area contributed by atoms with E-state index in [1.165, 1.54) is 23.1 Å². The normalized spacial score (nSPS) is 12.1. The number of rotatable bonds is 4. The van der Waals surface area contributed by atoms with Gasteiger partial charge in [-0.25, -0.2) is 15.0 Å². The predicted octanol–water partition coefficient (Wildman–Crippen LogP) is 3.07. The van der Waals surface area contributed by atoms with Crippen molar-refractivity contribution in [1.82, 2.24) is 15.0 Å². The van der Waals surface area contributed by atoms with Crippen molar-refractivity contribution in [1.29, 1.82) is 5.26 Å². The molecule has 0 amide bonds. The average Bonchev–Trinajstić information content (AvgIpc) is 3.30. The van der Waals surface area contributed by atoms with E-state index >= 15 is 0 Å². The van der Waals surface area contributed by atoms with Gasteiger partial charge in [0.25, 0.3) is 0 Å². The Hall–Kier alpha value is -2.83. The molecule has 3 heterocycles. The van der Waals surface area contributed by atoms with Gasteiger partial charge in [0.2, 0.25) is 6.79 Å². The number of nitriles is 1. The Morgan fingerprint density at radius 2 is 2.16 bits per heavy atom. The Labute approximate surface area is 151 Å². The highest BCUT2D eigenvalue weighted by Crippen LogP contribution is 2.37. The Kier molecular flexibility index (Phi) is 4.13. The topological polar surface area (TPSA) is 107 Å². The van der Waals surface area contributed by atoms with Gasteiger partial charge in [-0.1, -0.05) is 11.8 Å². The highest BCUT2D eigenvalue weighted by atomic mass is 32.2. The van der Waals surface area contributed by atoms with Crippen LogP contribution in [0.4, 0.5) is 5.82 Å². The highest BCUT2D eigenvalue weighted by molar-refractivity contribution is 7.98. The molecule has 7 nitrogen and oxygen atoms in total. The molecule has 0 radical (unpaired) electrons. The Morgan fingerprint density at radius 1 is 1.28 bits per heavy atom. The molecule has 2 N–H and O–H groups in total. The third-order valence-electron chi connectivity index (χ3n) is 3.51. The number of nitrogen functional groups attached to an aromatic ring is 1. The zero-order valence-corrected chi connectivity index (χ0v) is 14.4. The van der Waals surface area contributed by atoms with Gasteiger partial charge in [-0.05, 0) is 18.2 Å². The van der Waals surface area contributed by atoms with Crippen LogP contribution in [0.25, 0.3) is 11.3 Å². The second-order valence-electron chi connectivity index (χ2n) is 5.06. The van der Waals surface area contributed by atoms with Gasteiger partial charge in [-0.2, -0.15) is 5.26 Å². The van der Waals surface area contributed by atoms with Gasteiger partial charge in [0.05, 0.1) is 16.9 Å². The van der Waals surface area contributed by atoms with Crippen molar-refractivity contribution in [3.63, 3.8) is 0 Å². The first-order valence-electron chi connectivity index (χ1n) is 7.22. The van der Waals surface area contributed by atoms with Crippen molar-refractivity contribution < 1.29 is 9.47 Å². The maximum atomic E-state index is 9.44. The van der Waals surface area contributed by atoms with Gasteiger partial charge in [0.1, 0.15) is 17.5 Å². The summed E-state index contributed by atoms with van der Waals surface area (Å²) >= 11 is 2.96. The molecule has 0 spiro atoms. The van der Waals surface area contributed by atoms with E-state index in [-0.39, 0.29) is 18.2 Å². The lowest BCUT2D eigenvalue weighted by Gasteiger charge is -2.09. The van der Waals surface area contributed by atoms with Crippen molar-refractivity contribution in [3.05, 3.63) is 40.3 Å². The Bertz CT molecular complexity index is 969. The number of hydrogen-bond acceptors (Lipinski definition) is 9. The number of thiazole rings is 1. The van der Waals surface area contributed by atoms with E-state index in [9.17, 15) is 5.26 Å². The maximum Gasteiger partial charge on any atom is 0.231 e. The summed E-state index contributed by atoms with van der Waals surface area (Å²) in [4.78, 5) is 13.0. The number of thioether (sulfide) groups is 1. The van der Waals surface area contributed by atoms with E-state index < -0.39 is 0 Å². The Morgan fingerprint density at radius 3 is 2.96 bits per heavy atom. The summed E-state index contributed by atoms with van der Waals surface area (Å²) < 4.78 is 10.7. The first kappa shape index (κ1) is 15.7. The molecule has 1 aliphatic rings. The smallest absolute Gasteiger partial charge is 0.231 e. The van der Waals surface area contributed by atoms with E-state index in [4.69, 9.17) is 15.2 Å². The van der Waals surface area contributed by atoms with E-state index in [0.29, 0.717) is 28.1 Å². The standard InChI is InChI=1S/C16H11N5O2S2/c17-4-11-14(9-1-2-12-13(3-9)23-8-22-12)20-16(21-15(11)18)25-6-10-5-24-7-19-10/h1-3,5,7H,6,8H2,(H2,18,20,21). The monoisotopic (exact) mass is 369 g/mol. The van der Waals surface area contributed by atoms with Crippen LogP contribution < -0.4 is 15.2 Å². The molecule has 0 aliphatic carbocycles. The van der Waals surface area contributed by atoms with Crippen LogP contribution in [0.2, 0.25) is 0 Å². The SMILES string of the molecule is N#Cc1c(N)nc(SCc2cscn2)nc1-c1ccc2c(c1)OCO2. The van der Waals surface area contributed by atoms with Gasteiger partial charge < -0.3 is 15.2 Å². The third kappa shape index (κ3) is 3.09. The lowest BCUT2D eigenvalue weighted by molar-refractivity contribution is 0.174. The van der Waals surface area contributed by atoms with Crippen molar-refractivity contribution in [2.45, 2.75) is 10.9 Å². The zero-order chi connectivity index (χ0) is 17.2. The second-order valence-corrected chi connectivity index (χ2v) is 6.72. The van der Waals surface area contributed by atoms with E-state index in [0.717, 1.165) is 11.3 Å². The highest BCUT2D eigenvalue weighted by Gasteiger charge is 2.19. The number of fused-ring (bicyclic) bond motifs is 1. The van der Waals surface area contributed by atoms with Crippen LogP contribution in [0.5, 0.6) is 11.5 Å². The number of nitrogens with zero attached hydrogens (tertiary/aromatic N) is 4. The number of aromatic nitrogens is 3. The number of anilines is 1. The van der Waals surface area contributed by atoms with Crippen molar-refractivity contribution in [2.24, 2.45) is 0 Å². The largest absolute Gasteiger partial charge is 0.454 e. The predicted molar refractivity (Wildman–Crippen MR) is 94.4 cm³/mol. The summed E-state index contributed by atoms with van der Waals surface area (Å²) in [6, 6.07) is 7.49.